The Morgan fingerprint density at radius 2 is 2.08 bits per heavy atom. The molecule has 3 rings (SSSR count). The van der Waals surface area contributed by atoms with Crippen molar-refractivity contribution in [3.05, 3.63) is 57.6 Å². The maximum absolute atomic E-state index is 12.5. The molecule has 0 aliphatic rings. The molecule has 0 saturated carbocycles. The normalized spacial score (nSPS) is 10.6. The van der Waals surface area contributed by atoms with Crippen LogP contribution in [0, 0.1) is 17.0 Å². The molecule has 0 atom stereocenters. The van der Waals surface area contributed by atoms with E-state index in [0.29, 0.717) is 10.8 Å². The van der Waals surface area contributed by atoms with Crippen LogP contribution in [-0.2, 0) is 0 Å². The van der Waals surface area contributed by atoms with E-state index in [1.165, 1.54) is 29.5 Å². The van der Waals surface area contributed by atoms with Gasteiger partial charge in [0, 0.05) is 24.9 Å². The van der Waals surface area contributed by atoms with E-state index in [0.717, 1.165) is 15.8 Å². The molecule has 2 aromatic carbocycles. The first-order valence-electron chi connectivity index (χ1n) is 7.13. The number of aromatic nitrogens is 1. The fraction of sp³-hybridized carbons (Fsp3) is 0.125. The van der Waals surface area contributed by atoms with E-state index in [9.17, 15) is 14.9 Å². The summed E-state index contributed by atoms with van der Waals surface area (Å²) in [5, 5.41) is 17.0. The molecule has 2 N–H and O–H groups in total. The first-order chi connectivity index (χ1) is 11.5. The fourth-order valence-electron chi connectivity index (χ4n) is 2.36. The molecule has 3 aromatic rings. The summed E-state index contributed by atoms with van der Waals surface area (Å²) >= 11 is 1.36. The summed E-state index contributed by atoms with van der Waals surface area (Å²) in [4.78, 5) is 27.3. The van der Waals surface area contributed by atoms with Gasteiger partial charge in [0.15, 0.2) is 5.13 Å². The minimum Gasteiger partial charge on any atom is -0.387 e. The molecule has 0 fully saturated rings. The number of aryl methyl sites for hydroxylation is 1. The number of fused-ring (bicyclic) bond motifs is 1. The molecule has 0 bridgehead atoms. The van der Waals surface area contributed by atoms with Crippen molar-refractivity contribution < 1.29 is 9.72 Å². The van der Waals surface area contributed by atoms with Crippen molar-refractivity contribution in [2.24, 2.45) is 0 Å². The minimum absolute atomic E-state index is 0.140. The maximum atomic E-state index is 12.5. The number of non-ortho nitro benzene ring substituents is 1. The van der Waals surface area contributed by atoms with E-state index in [1.54, 1.807) is 7.05 Å². The van der Waals surface area contributed by atoms with Crippen LogP contribution in [0.2, 0.25) is 0 Å². The number of anilines is 2. The van der Waals surface area contributed by atoms with Gasteiger partial charge < -0.3 is 5.32 Å². The fourth-order valence-corrected chi connectivity index (χ4v) is 3.29. The Balaban J connectivity index is 1.95. The molecule has 8 heteroatoms. The first kappa shape index (κ1) is 15.9. The quantitative estimate of drug-likeness (QED) is 0.555. The SMILES string of the molecule is CNc1ccc([N+](=O)[O-])cc1C(=O)Nc1nc2c(C)cccc2s1. The van der Waals surface area contributed by atoms with E-state index in [4.69, 9.17) is 0 Å². The molecule has 24 heavy (non-hydrogen) atoms. The Morgan fingerprint density at radius 1 is 1.29 bits per heavy atom. The molecule has 122 valence electrons. The van der Waals surface area contributed by atoms with Crippen LogP contribution in [0.25, 0.3) is 10.2 Å². The number of para-hydroxylation sites is 1. The van der Waals surface area contributed by atoms with Crippen LogP contribution in [0.4, 0.5) is 16.5 Å². The van der Waals surface area contributed by atoms with Gasteiger partial charge in [-0.05, 0) is 24.6 Å². The summed E-state index contributed by atoms with van der Waals surface area (Å²) < 4.78 is 0.971. The Hall–Kier alpha value is -3.00. The van der Waals surface area contributed by atoms with Crippen molar-refractivity contribution in [3.63, 3.8) is 0 Å². The number of nitrogens with one attached hydrogen (secondary N) is 2. The number of amides is 1. The highest BCUT2D eigenvalue weighted by molar-refractivity contribution is 7.22. The Labute approximate surface area is 141 Å². The standard InChI is InChI=1S/C16H14N4O3S/c1-9-4-3-5-13-14(9)18-16(24-13)19-15(21)11-8-10(20(22)23)6-7-12(11)17-2/h3-8,17H,1-2H3,(H,18,19,21). The molecule has 0 unspecified atom stereocenters. The van der Waals surface area contributed by atoms with Gasteiger partial charge in [-0.2, -0.15) is 0 Å². The van der Waals surface area contributed by atoms with E-state index in [-0.39, 0.29) is 11.3 Å². The molecular weight excluding hydrogens is 328 g/mol. The van der Waals surface area contributed by atoms with Crippen LogP contribution in [0.5, 0.6) is 0 Å². The van der Waals surface area contributed by atoms with Gasteiger partial charge in [-0.15, -0.1) is 0 Å². The Bertz CT molecular complexity index is 952. The molecule has 0 aliphatic heterocycles. The molecule has 0 saturated heterocycles. The number of nitro benzene ring substituents is 1. The Morgan fingerprint density at radius 3 is 2.75 bits per heavy atom. The number of thiazole rings is 1. The first-order valence-corrected chi connectivity index (χ1v) is 7.95. The Kier molecular flexibility index (Phi) is 4.13. The van der Waals surface area contributed by atoms with E-state index < -0.39 is 10.8 Å². The zero-order chi connectivity index (χ0) is 17.3. The maximum Gasteiger partial charge on any atom is 0.270 e. The highest BCUT2D eigenvalue weighted by Gasteiger charge is 2.18. The number of carbonyl (C=O) groups is 1. The summed E-state index contributed by atoms with van der Waals surface area (Å²) in [7, 11) is 1.65. The van der Waals surface area contributed by atoms with Crippen molar-refractivity contribution in [3.8, 4) is 0 Å². The highest BCUT2D eigenvalue weighted by atomic mass is 32.1. The molecular formula is C16H14N4O3S. The minimum atomic E-state index is -0.530. The average molecular weight is 342 g/mol. The van der Waals surface area contributed by atoms with Gasteiger partial charge in [-0.1, -0.05) is 23.5 Å². The molecule has 0 spiro atoms. The third kappa shape index (κ3) is 2.91. The number of benzene rings is 2. The van der Waals surface area contributed by atoms with Crippen molar-refractivity contribution in [2.45, 2.75) is 6.92 Å². The molecule has 0 aliphatic carbocycles. The van der Waals surface area contributed by atoms with Gasteiger partial charge in [-0.25, -0.2) is 4.98 Å². The molecule has 1 aromatic heterocycles. The number of nitrogens with zero attached hydrogens (tertiary/aromatic N) is 2. The second kappa shape index (κ2) is 6.25. The van der Waals surface area contributed by atoms with Crippen LogP contribution in [0.3, 0.4) is 0 Å². The summed E-state index contributed by atoms with van der Waals surface area (Å²) in [6.07, 6.45) is 0. The lowest BCUT2D eigenvalue weighted by Gasteiger charge is -2.08. The zero-order valence-electron chi connectivity index (χ0n) is 13.0. The molecule has 1 heterocycles. The van der Waals surface area contributed by atoms with Gasteiger partial charge >= 0.3 is 0 Å². The average Bonchev–Trinajstić information content (AvgIpc) is 2.98. The highest BCUT2D eigenvalue weighted by Crippen LogP contribution is 2.29. The lowest BCUT2D eigenvalue weighted by Crippen LogP contribution is -2.14. The van der Waals surface area contributed by atoms with Gasteiger partial charge in [0.1, 0.15) is 0 Å². The second-order valence-corrected chi connectivity index (χ2v) is 6.16. The van der Waals surface area contributed by atoms with Gasteiger partial charge in [0.2, 0.25) is 0 Å². The van der Waals surface area contributed by atoms with Crippen LogP contribution in [-0.4, -0.2) is 22.9 Å². The number of nitro groups is 1. The lowest BCUT2D eigenvalue weighted by molar-refractivity contribution is -0.384. The summed E-state index contributed by atoms with van der Waals surface area (Å²) in [6, 6.07) is 9.93. The predicted octanol–water partition coefficient (Wildman–Crippen LogP) is 3.81. The topological polar surface area (TPSA) is 97.2 Å². The van der Waals surface area contributed by atoms with Crippen LogP contribution in [0.1, 0.15) is 15.9 Å². The lowest BCUT2D eigenvalue weighted by atomic mass is 10.1. The third-order valence-corrected chi connectivity index (χ3v) is 4.51. The molecule has 1 amide bonds. The summed E-state index contributed by atoms with van der Waals surface area (Å²) in [5.74, 6) is -0.445. The number of carbonyl (C=O) groups excluding carboxylic acids is 1. The molecule has 7 nitrogen and oxygen atoms in total. The summed E-state index contributed by atoms with van der Waals surface area (Å²) in [5.41, 5.74) is 2.43. The van der Waals surface area contributed by atoms with Crippen LogP contribution in [0.15, 0.2) is 36.4 Å². The summed E-state index contributed by atoms with van der Waals surface area (Å²) in [6.45, 7) is 1.95. The van der Waals surface area contributed by atoms with E-state index in [2.05, 4.69) is 15.6 Å². The smallest absolute Gasteiger partial charge is 0.270 e. The number of rotatable bonds is 4. The van der Waals surface area contributed by atoms with Gasteiger partial charge in [0.05, 0.1) is 20.7 Å². The number of hydrogen-bond acceptors (Lipinski definition) is 6. The van der Waals surface area contributed by atoms with Crippen molar-refractivity contribution in [1.82, 2.24) is 4.98 Å². The predicted molar refractivity (Wildman–Crippen MR) is 95.0 cm³/mol. The van der Waals surface area contributed by atoms with Gasteiger partial charge in [-0.3, -0.25) is 20.2 Å². The largest absolute Gasteiger partial charge is 0.387 e. The third-order valence-electron chi connectivity index (χ3n) is 3.57. The van der Waals surface area contributed by atoms with Crippen LogP contribution < -0.4 is 10.6 Å². The zero-order valence-corrected chi connectivity index (χ0v) is 13.8. The van der Waals surface area contributed by atoms with Crippen molar-refractivity contribution >= 4 is 44.0 Å². The van der Waals surface area contributed by atoms with E-state index >= 15 is 0 Å². The monoisotopic (exact) mass is 342 g/mol. The molecule has 0 radical (unpaired) electrons. The van der Waals surface area contributed by atoms with Crippen molar-refractivity contribution in [2.75, 3.05) is 17.7 Å². The van der Waals surface area contributed by atoms with Gasteiger partial charge in [0.25, 0.3) is 11.6 Å². The van der Waals surface area contributed by atoms with Crippen molar-refractivity contribution in [1.29, 1.82) is 0 Å². The number of hydrogen-bond donors (Lipinski definition) is 2. The second-order valence-electron chi connectivity index (χ2n) is 5.13. The van der Waals surface area contributed by atoms with Crippen LogP contribution >= 0.6 is 11.3 Å². The van der Waals surface area contributed by atoms with E-state index in [1.807, 2.05) is 25.1 Å².